The van der Waals surface area contributed by atoms with Crippen molar-refractivity contribution in [2.75, 3.05) is 13.2 Å². The Morgan fingerprint density at radius 1 is 0.750 bits per heavy atom. The number of nitrogens with two attached hydrogens (primary N) is 2. The molecule has 2 aliphatic heterocycles. The van der Waals surface area contributed by atoms with E-state index in [-0.39, 0.29) is 13.2 Å². The molecular weight excluding hydrogens is 412 g/mol. The third-order valence-corrected chi connectivity index (χ3v) is 5.70. The van der Waals surface area contributed by atoms with Crippen molar-refractivity contribution in [1.29, 1.82) is 0 Å². The first-order chi connectivity index (χ1) is 15.5. The standard InChI is InChI=1S/C24H28N2O6/c25-17(11-15-7-3-1-4-8-15)23(27)31-19-13-29-22-20(14-30-21(19)22)32-24(28)18(26)12-16-9-5-2-6-10-16/h1-10,17-22H,11-14,25-26H2/t17-,18-,19+,20+,21+,22+/m0/s1. The van der Waals surface area contributed by atoms with Gasteiger partial charge in [0.05, 0.1) is 13.2 Å². The van der Waals surface area contributed by atoms with Crippen LogP contribution in [0.15, 0.2) is 60.7 Å². The number of benzene rings is 2. The second-order valence-electron chi connectivity index (χ2n) is 8.14. The van der Waals surface area contributed by atoms with Gasteiger partial charge < -0.3 is 30.4 Å². The molecule has 2 aliphatic rings. The van der Waals surface area contributed by atoms with Crippen LogP contribution < -0.4 is 11.5 Å². The van der Waals surface area contributed by atoms with Crippen LogP contribution in [0, 0.1) is 0 Å². The van der Waals surface area contributed by atoms with Crippen molar-refractivity contribution in [3.8, 4) is 0 Å². The molecule has 32 heavy (non-hydrogen) atoms. The number of hydrogen-bond donors (Lipinski definition) is 2. The van der Waals surface area contributed by atoms with Crippen LogP contribution in [0.1, 0.15) is 11.1 Å². The molecule has 8 heteroatoms. The van der Waals surface area contributed by atoms with Crippen LogP contribution in [0.4, 0.5) is 0 Å². The minimum absolute atomic E-state index is 0.156. The zero-order valence-electron chi connectivity index (χ0n) is 17.7. The molecule has 0 bridgehead atoms. The first kappa shape index (κ1) is 22.4. The maximum absolute atomic E-state index is 12.5. The number of carbonyl (C=O) groups excluding carboxylic acids is 2. The van der Waals surface area contributed by atoms with Gasteiger partial charge in [0.2, 0.25) is 0 Å². The Labute approximate surface area is 186 Å². The second kappa shape index (κ2) is 10.2. The predicted molar refractivity (Wildman–Crippen MR) is 115 cm³/mol. The van der Waals surface area contributed by atoms with Gasteiger partial charge in [-0.3, -0.25) is 9.59 Å². The Morgan fingerprint density at radius 3 is 1.50 bits per heavy atom. The molecule has 2 fully saturated rings. The van der Waals surface area contributed by atoms with Crippen molar-refractivity contribution in [3.63, 3.8) is 0 Å². The summed E-state index contributed by atoms with van der Waals surface area (Å²) in [5.41, 5.74) is 13.9. The minimum atomic E-state index is -0.789. The van der Waals surface area contributed by atoms with E-state index in [1.54, 1.807) is 0 Å². The highest BCUT2D eigenvalue weighted by Gasteiger charge is 2.51. The molecule has 6 atom stereocenters. The first-order valence-electron chi connectivity index (χ1n) is 10.7. The second-order valence-corrected chi connectivity index (χ2v) is 8.14. The maximum Gasteiger partial charge on any atom is 0.323 e. The highest BCUT2D eigenvalue weighted by atomic mass is 16.7. The molecule has 0 radical (unpaired) electrons. The number of carbonyl (C=O) groups is 2. The SMILES string of the molecule is N[C@@H](Cc1ccccc1)C(=O)O[C@@H]1CO[C@H]2[C@@H]1OC[C@H]2OC(=O)[C@@H](N)Cc1ccccc1. The fraction of sp³-hybridized carbons (Fsp3) is 0.417. The Bertz CT molecular complexity index is 834. The van der Waals surface area contributed by atoms with Crippen LogP contribution in [0.5, 0.6) is 0 Å². The van der Waals surface area contributed by atoms with Gasteiger partial charge in [0.15, 0.2) is 12.2 Å². The summed E-state index contributed by atoms with van der Waals surface area (Å²) in [6.07, 6.45) is -1.46. The summed E-state index contributed by atoms with van der Waals surface area (Å²) < 4.78 is 22.6. The molecule has 2 aromatic rings. The van der Waals surface area contributed by atoms with Crippen molar-refractivity contribution < 1.29 is 28.5 Å². The molecule has 0 aromatic heterocycles. The summed E-state index contributed by atoms with van der Waals surface area (Å²) in [5.74, 6) is -1.03. The molecule has 8 nitrogen and oxygen atoms in total. The molecule has 0 aliphatic carbocycles. The van der Waals surface area contributed by atoms with E-state index in [0.717, 1.165) is 11.1 Å². The summed E-state index contributed by atoms with van der Waals surface area (Å²) in [5, 5.41) is 0. The molecule has 170 valence electrons. The third-order valence-electron chi connectivity index (χ3n) is 5.70. The van der Waals surface area contributed by atoms with E-state index in [1.807, 2.05) is 60.7 Å². The van der Waals surface area contributed by atoms with Gasteiger partial charge in [-0.15, -0.1) is 0 Å². The Hall–Kier alpha value is -2.78. The van der Waals surface area contributed by atoms with Gasteiger partial charge >= 0.3 is 11.9 Å². The molecule has 0 saturated carbocycles. The topological polar surface area (TPSA) is 123 Å². The summed E-state index contributed by atoms with van der Waals surface area (Å²) in [7, 11) is 0. The number of hydrogen-bond acceptors (Lipinski definition) is 8. The van der Waals surface area contributed by atoms with E-state index in [9.17, 15) is 9.59 Å². The normalized spacial score (nSPS) is 26.2. The van der Waals surface area contributed by atoms with E-state index in [0.29, 0.717) is 12.8 Å². The van der Waals surface area contributed by atoms with Crippen molar-refractivity contribution in [1.82, 2.24) is 0 Å². The molecule has 4 N–H and O–H groups in total. The van der Waals surface area contributed by atoms with Gasteiger partial charge in [0.25, 0.3) is 0 Å². The van der Waals surface area contributed by atoms with Gasteiger partial charge in [-0.25, -0.2) is 0 Å². The van der Waals surface area contributed by atoms with Crippen LogP contribution in [-0.4, -0.2) is 61.7 Å². The largest absolute Gasteiger partial charge is 0.456 e. The van der Waals surface area contributed by atoms with Crippen LogP contribution in [0.3, 0.4) is 0 Å². The Balaban J connectivity index is 1.26. The molecule has 0 amide bonds. The lowest BCUT2D eigenvalue weighted by atomic mass is 10.1. The fourth-order valence-electron chi connectivity index (χ4n) is 4.01. The van der Waals surface area contributed by atoms with Crippen LogP contribution in [0.25, 0.3) is 0 Å². The van der Waals surface area contributed by atoms with E-state index >= 15 is 0 Å². The van der Waals surface area contributed by atoms with Crippen molar-refractivity contribution in [2.24, 2.45) is 11.5 Å². The highest BCUT2D eigenvalue weighted by Crippen LogP contribution is 2.31. The van der Waals surface area contributed by atoms with E-state index < -0.39 is 48.4 Å². The lowest BCUT2D eigenvalue weighted by molar-refractivity contribution is -0.156. The summed E-state index contributed by atoms with van der Waals surface area (Å²) >= 11 is 0. The van der Waals surface area contributed by atoms with Gasteiger partial charge in [-0.1, -0.05) is 60.7 Å². The number of esters is 2. The zero-order chi connectivity index (χ0) is 22.5. The monoisotopic (exact) mass is 440 g/mol. The summed E-state index contributed by atoms with van der Waals surface area (Å²) in [4.78, 5) is 24.9. The van der Waals surface area contributed by atoms with Gasteiger partial charge in [-0.2, -0.15) is 0 Å². The van der Waals surface area contributed by atoms with Crippen LogP contribution in [0.2, 0.25) is 0 Å². The summed E-state index contributed by atoms with van der Waals surface area (Å²) in [6, 6.07) is 17.4. The number of rotatable bonds is 8. The smallest absolute Gasteiger partial charge is 0.323 e. The highest BCUT2D eigenvalue weighted by molar-refractivity contribution is 5.76. The van der Waals surface area contributed by atoms with Gasteiger partial charge in [0.1, 0.15) is 24.3 Å². The molecule has 2 heterocycles. The Morgan fingerprint density at radius 2 is 1.12 bits per heavy atom. The van der Waals surface area contributed by atoms with Gasteiger partial charge in [0, 0.05) is 0 Å². The molecule has 4 rings (SSSR count). The van der Waals surface area contributed by atoms with E-state index in [1.165, 1.54) is 0 Å². The maximum atomic E-state index is 12.5. The Kier molecular flexibility index (Phi) is 7.16. The van der Waals surface area contributed by atoms with Gasteiger partial charge in [-0.05, 0) is 24.0 Å². The summed E-state index contributed by atoms with van der Waals surface area (Å²) in [6.45, 7) is 0.312. The average molecular weight is 440 g/mol. The molecule has 0 spiro atoms. The van der Waals surface area contributed by atoms with Crippen LogP contribution >= 0.6 is 0 Å². The fourth-order valence-corrected chi connectivity index (χ4v) is 4.01. The third kappa shape index (κ3) is 5.34. The lowest BCUT2D eigenvalue weighted by Gasteiger charge is -2.20. The van der Waals surface area contributed by atoms with E-state index in [2.05, 4.69) is 0 Å². The van der Waals surface area contributed by atoms with Crippen molar-refractivity contribution in [3.05, 3.63) is 71.8 Å². The van der Waals surface area contributed by atoms with Crippen LogP contribution in [-0.2, 0) is 41.4 Å². The predicted octanol–water partition coefficient (Wildman–Crippen LogP) is 0.748. The molecular formula is C24H28N2O6. The zero-order valence-corrected chi connectivity index (χ0v) is 17.7. The van der Waals surface area contributed by atoms with Crippen molar-refractivity contribution in [2.45, 2.75) is 49.3 Å². The minimum Gasteiger partial charge on any atom is -0.456 e. The number of ether oxygens (including phenoxy) is 4. The quantitative estimate of drug-likeness (QED) is 0.577. The first-order valence-corrected chi connectivity index (χ1v) is 10.7. The average Bonchev–Trinajstić information content (AvgIpc) is 3.38. The lowest BCUT2D eigenvalue weighted by Crippen LogP contribution is -2.42. The molecule has 2 aromatic carbocycles. The molecule has 0 unspecified atom stereocenters. The van der Waals surface area contributed by atoms with E-state index in [4.69, 9.17) is 30.4 Å². The molecule has 2 saturated heterocycles. The van der Waals surface area contributed by atoms with Crippen molar-refractivity contribution >= 4 is 11.9 Å². The number of fused-ring (bicyclic) bond motifs is 1.